The first-order chi connectivity index (χ1) is 13.0. The highest BCUT2D eigenvalue weighted by Crippen LogP contribution is 2.21. The molecule has 2 N–H and O–H groups in total. The minimum absolute atomic E-state index is 0.492. The summed E-state index contributed by atoms with van der Waals surface area (Å²) in [6, 6.07) is 6.83. The smallest absolute Gasteiger partial charge is 0.229 e. The number of halogens is 1. The van der Waals surface area contributed by atoms with Gasteiger partial charge in [-0.15, -0.1) is 0 Å². The van der Waals surface area contributed by atoms with Gasteiger partial charge in [0, 0.05) is 5.69 Å². The third-order valence-electron chi connectivity index (χ3n) is 4.74. The first kappa shape index (κ1) is 24.9. The first-order valence-corrected chi connectivity index (χ1v) is 12.1. The van der Waals surface area contributed by atoms with Crippen molar-refractivity contribution in [3.63, 3.8) is 0 Å². The summed E-state index contributed by atoms with van der Waals surface area (Å²) in [6.07, 6.45) is 5.74. The fourth-order valence-corrected chi connectivity index (χ4v) is 3.71. The molecule has 0 saturated heterocycles. The molecule has 28 heavy (non-hydrogen) atoms. The van der Waals surface area contributed by atoms with Gasteiger partial charge in [0.25, 0.3) is 0 Å². The van der Waals surface area contributed by atoms with Gasteiger partial charge >= 0.3 is 0 Å². The molecule has 0 radical (unpaired) electrons. The number of aliphatic hydroxyl groups excluding tert-OH is 1. The standard InChI is InChI=1S/C21H37FN2O3S/c1-5-24(16-8-6-7-15-21(2,3)22)17-9-10-20(25)18-11-13-19(14-12-18)23-28(4,26)27/h11-14,20,23,25H,5-10,15-17H2,1-4H3/t20-/m1/s1. The van der Waals surface area contributed by atoms with E-state index in [1.165, 1.54) is 0 Å². The maximum Gasteiger partial charge on any atom is 0.229 e. The van der Waals surface area contributed by atoms with Crippen molar-refractivity contribution < 1.29 is 17.9 Å². The Morgan fingerprint density at radius 1 is 1.11 bits per heavy atom. The second-order valence-corrected chi connectivity index (χ2v) is 9.87. The van der Waals surface area contributed by atoms with Crippen LogP contribution >= 0.6 is 0 Å². The Bertz CT molecular complexity index is 657. The molecule has 0 aliphatic carbocycles. The van der Waals surface area contributed by atoms with Gasteiger partial charge in [-0.2, -0.15) is 0 Å². The van der Waals surface area contributed by atoms with Crippen LogP contribution in [0.15, 0.2) is 24.3 Å². The molecule has 7 heteroatoms. The second-order valence-electron chi connectivity index (χ2n) is 8.12. The molecule has 0 aliphatic heterocycles. The molecule has 5 nitrogen and oxygen atoms in total. The number of anilines is 1. The molecule has 0 fully saturated rings. The summed E-state index contributed by atoms with van der Waals surface area (Å²) in [4.78, 5) is 2.37. The molecule has 0 spiro atoms. The van der Waals surface area contributed by atoms with Crippen molar-refractivity contribution in [3.05, 3.63) is 29.8 Å². The van der Waals surface area contributed by atoms with Crippen molar-refractivity contribution >= 4 is 15.7 Å². The van der Waals surface area contributed by atoms with E-state index in [2.05, 4.69) is 16.5 Å². The summed E-state index contributed by atoms with van der Waals surface area (Å²) < 4.78 is 38.3. The number of sulfonamides is 1. The molecule has 0 amide bonds. The lowest BCUT2D eigenvalue weighted by atomic mass is 10.0. The van der Waals surface area contributed by atoms with Gasteiger partial charge in [-0.25, -0.2) is 12.8 Å². The van der Waals surface area contributed by atoms with E-state index in [4.69, 9.17) is 0 Å². The molecule has 0 aliphatic rings. The van der Waals surface area contributed by atoms with E-state index < -0.39 is 21.8 Å². The topological polar surface area (TPSA) is 69.6 Å². The molecule has 0 heterocycles. The number of unbranched alkanes of at least 4 members (excludes halogenated alkanes) is 2. The van der Waals surface area contributed by atoms with Crippen LogP contribution in [0.3, 0.4) is 0 Å². The summed E-state index contributed by atoms with van der Waals surface area (Å²) in [6.45, 7) is 8.30. The third-order valence-corrected chi connectivity index (χ3v) is 5.35. The van der Waals surface area contributed by atoms with E-state index in [1.807, 2.05) is 0 Å². The van der Waals surface area contributed by atoms with Gasteiger partial charge in [0.2, 0.25) is 10.0 Å². The minimum Gasteiger partial charge on any atom is -0.388 e. The van der Waals surface area contributed by atoms with Crippen LogP contribution in [-0.4, -0.2) is 50.0 Å². The Hall–Kier alpha value is -1.18. The molecule has 0 bridgehead atoms. The van der Waals surface area contributed by atoms with Gasteiger partial charge in [0.05, 0.1) is 12.4 Å². The van der Waals surface area contributed by atoms with Crippen LogP contribution < -0.4 is 4.72 Å². The minimum atomic E-state index is -3.29. The number of alkyl halides is 1. The predicted octanol–water partition coefficient (Wildman–Crippen LogP) is 4.50. The Balaban J connectivity index is 2.30. The highest BCUT2D eigenvalue weighted by atomic mass is 32.2. The SMILES string of the molecule is CCN(CCCCCC(C)(C)F)CCC[C@@H](O)c1ccc(NS(C)(=O)=O)cc1. The van der Waals surface area contributed by atoms with Crippen LogP contribution in [0, 0.1) is 0 Å². The van der Waals surface area contributed by atoms with Crippen LogP contribution in [-0.2, 0) is 10.0 Å². The van der Waals surface area contributed by atoms with E-state index >= 15 is 0 Å². The molecule has 0 unspecified atom stereocenters. The summed E-state index contributed by atoms with van der Waals surface area (Å²) in [7, 11) is -3.29. The van der Waals surface area contributed by atoms with Gasteiger partial charge in [0.15, 0.2) is 0 Å². The van der Waals surface area contributed by atoms with Crippen molar-refractivity contribution in [2.24, 2.45) is 0 Å². The molecular weight excluding hydrogens is 379 g/mol. The van der Waals surface area contributed by atoms with E-state index in [-0.39, 0.29) is 0 Å². The largest absolute Gasteiger partial charge is 0.388 e. The molecule has 162 valence electrons. The van der Waals surface area contributed by atoms with Gasteiger partial charge in [-0.1, -0.05) is 31.9 Å². The predicted molar refractivity (Wildman–Crippen MR) is 115 cm³/mol. The molecule has 1 atom stereocenters. The highest BCUT2D eigenvalue weighted by Gasteiger charge is 2.14. The van der Waals surface area contributed by atoms with Crippen LogP contribution in [0.5, 0.6) is 0 Å². The Labute approximate surface area is 170 Å². The number of hydrogen-bond donors (Lipinski definition) is 2. The van der Waals surface area contributed by atoms with Crippen LogP contribution in [0.1, 0.15) is 71.0 Å². The fraction of sp³-hybridized carbons (Fsp3) is 0.714. The molecule has 1 aromatic carbocycles. The maximum absolute atomic E-state index is 13.5. The van der Waals surface area contributed by atoms with Crippen LogP contribution in [0.2, 0.25) is 0 Å². The zero-order chi connectivity index (χ0) is 21.2. The molecule has 0 aromatic heterocycles. The number of aliphatic hydroxyl groups is 1. The summed E-state index contributed by atoms with van der Waals surface area (Å²) in [5.74, 6) is 0. The normalized spacial score (nSPS) is 13.7. The first-order valence-electron chi connectivity index (χ1n) is 10.2. The van der Waals surface area contributed by atoms with E-state index in [0.717, 1.165) is 57.1 Å². The average Bonchev–Trinajstić information content (AvgIpc) is 2.58. The van der Waals surface area contributed by atoms with Gasteiger partial charge in [-0.3, -0.25) is 4.72 Å². The Kier molecular flexibility index (Phi) is 10.4. The number of benzene rings is 1. The number of hydrogen-bond acceptors (Lipinski definition) is 4. The molecule has 1 rings (SSSR count). The zero-order valence-corrected chi connectivity index (χ0v) is 18.6. The lowest BCUT2D eigenvalue weighted by molar-refractivity contribution is 0.155. The Morgan fingerprint density at radius 2 is 1.71 bits per heavy atom. The number of nitrogens with one attached hydrogen (secondary N) is 1. The summed E-state index contributed by atoms with van der Waals surface area (Å²) >= 11 is 0. The van der Waals surface area contributed by atoms with E-state index in [1.54, 1.807) is 38.1 Å². The third kappa shape index (κ3) is 11.6. The monoisotopic (exact) mass is 416 g/mol. The lowest BCUT2D eigenvalue weighted by Gasteiger charge is -2.21. The fourth-order valence-electron chi connectivity index (χ4n) is 3.15. The molecule has 0 saturated carbocycles. The molecule has 1 aromatic rings. The number of rotatable bonds is 14. The second kappa shape index (κ2) is 11.7. The number of nitrogens with zero attached hydrogens (tertiary/aromatic N) is 1. The van der Waals surface area contributed by atoms with E-state index in [0.29, 0.717) is 18.5 Å². The van der Waals surface area contributed by atoms with Gasteiger partial charge in [-0.05, 0) is 76.9 Å². The zero-order valence-electron chi connectivity index (χ0n) is 17.7. The van der Waals surface area contributed by atoms with Crippen molar-refractivity contribution in [1.82, 2.24) is 4.90 Å². The quantitative estimate of drug-likeness (QED) is 0.438. The van der Waals surface area contributed by atoms with Crippen LogP contribution in [0.4, 0.5) is 10.1 Å². The average molecular weight is 417 g/mol. The Morgan fingerprint density at radius 3 is 2.25 bits per heavy atom. The van der Waals surface area contributed by atoms with Crippen molar-refractivity contribution in [3.8, 4) is 0 Å². The van der Waals surface area contributed by atoms with E-state index in [9.17, 15) is 17.9 Å². The van der Waals surface area contributed by atoms with Gasteiger partial charge < -0.3 is 10.0 Å². The highest BCUT2D eigenvalue weighted by molar-refractivity contribution is 7.92. The van der Waals surface area contributed by atoms with Crippen LogP contribution in [0.25, 0.3) is 0 Å². The summed E-state index contributed by atoms with van der Waals surface area (Å²) in [5.41, 5.74) is 0.210. The van der Waals surface area contributed by atoms with Crippen molar-refractivity contribution in [1.29, 1.82) is 0 Å². The molecular formula is C21H37FN2O3S. The van der Waals surface area contributed by atoms with Crippen molar-refractivity contribution in [2.75, 3.05) is 30.6 Å². The van der Waals surface area contributed by atoms with Gasteiger partial charge in [0.1, 0.15) is 5.67 Å². The summed E-state index contributed by atoms with van der Waals surface area (Å²) in [5, 5.41) is 10.4. The maximum atomic E-state index is 13.5. The van der Waals surface area contributed by atoms with Crippen molar-refractivity contribution in [2.45, 2.75) is 71.1 Å². The lowest BCUT2D eigenvalue weighted by Crippen LogP contribution is -2.26.